The molecule has 148 valence electrons. The Bertz CT molecular complexity index is 512. The standard InChI is InChI=1S/C16H25NO9/c18-3-4-22-5-6-23-7-8-24-9-10-25-11-12-26-16-13-14(17(20)21)1-2-15(16)19/h1-2,13,18-19H,3-12H2. The average Bonchev–Trinajstić information content (AvgIpc) is 2.63. The number of hydrogen-bond acceptors (Lipinski definition) is 9. The van der Waals surface area contributed by atoms with Crippen LogP contribution in [0.25, 0.3) is 0 Å². The predicted octanol–water partition coefficient (Wildman–Crippen LogP) is 0.738. The summed E-state index contributed by atoms with van der Waals surface area (Å²) in [6.45, 7) is 3.22. The van der Waals surface area contributed by atoms with E-state index in [2.05, 4.69) is 0 Å². The molecule has 0 unspecified atom stereocenters. The summed E-state index contributed by atoms with van der Waals surface area (Å²) < 4.78 is 26.1. The van der Waals surface area contributed by atoms with Gasteiger partial charge in [-0.15, -0.1) is 0 Å². The first-order valence-corrected chi connectivity index (χ1v) is 8.17. The van der Waals surface area contributed by atoms with E-state index in [1.807, 2.05) is 0 Å². The van der Waals surface area contributed by atoms with E-state index in [0.717, 1.165) is 6.07 Å². The van der Waals surface area contributed by atoms with E-state index in [1.54, 1.807) is 0 Å². The first-order chi connectivity index (χ1) is 12.6. The number of non-ortho nitro benzene ring substituents is 1. The molecule has 10 heteroatoms. The molecule has 1 aromatic carbocycles. The number of nitro benzene ring substituents is 1. The minimum atomic E-state index is -0.563. The molecule has 0 aromatic heterocycles. The van der Waals surface area contributed by atoms with Crippen LogP contribution in [0.1, 0.15) is 0 Å². The summed E-state index contributed by atoms with van der Waals surface area (Å²) >= 11 is 0. The number of ether oxygens (including phenoxy) is 5. The van der Waals surface area contributed by atoms with Crippen LogP contribution in [0.3, 0.4) is 0 Å². The molecule has 10 nitrogen and oxygen atoms in total. The van der Waals surface area contributed by atoms with Gasteiger partial charge >= 0.3 is 0 Å². The molecule has 0 radical (unpaired) electrons. The van der Waals surface area contributed by atoms with Crippen LogP contribution in [0.15, 0.2) is 18.2 Å². The van der Waals surface area contributed by atoms with E-state index in [9.17, 15) is 15.2 Å². The molecule has 0 fully saturated rings. The molecule has 0 spiro atoms. The molecule has 0 amide bonds. The maximum atomic E-state index is 10.7. The quantitative estimate of drug-likeness (QED) is 0.244. The van der Waals surface area contributed by atoms with E-state index in [0.29, 0.717) is 46.2 Å². The molecule has 0 atom stereocenters. The van der Waals surface area contributed by atoms with Gasteiger partial charge in [-0.05, 0) is 6.07 Å². The van der Waals surface area contributed by atoms with Gasteiger partial charge in [-0.25, -0.2) is 0 Å². The number of phenols is 1. The zero-order valence-corrected chi connectivity index (χ0v) is 14.5. The third-order valence-corrected chi connectivity index (χ3v) is 2.99. The first kappa shape index (κ1) is 22.1. The second-order valence-corrected chi connectivity index (χ2v) is 4.93. The van der Waals surface area contributed by atoms with E-state index in [-0.39, 0.29) is 37.0 Å². The molecule has 0 aliphatic carbocycles. The Balaban J connectivity index is 1.95. The van der Waals surface area contributed by atoms with Crippen LogP contribution in [-0.4, -0.2) is 81.2 Å². The van der Waals surface area contributed by atoms with Gasteiger partial charge in [0, 0.05) is 6.07 Å². The van der Waals surface area contributed by atoms with E-state index in [1.165, 1.54) is 12.1 Å². The Labute approximate surface area is 151 Å². The summed E-state index contributed by atoms with van der Waals surface area (Å²) in [5.74, 6) is -0.125. The number of rotatable bonds is 16. The Morgan fingerprint density at radius 1 is 0.846 bits per heavy atom. The lowest BCUT2D eigenvalue weighted by Crippen LogP contribution is -2.14. The van der Waals surface area contributed by atoms with Gasteiger partial charge in [0.25, 0.3) is 5.69 Å². The molecule has 0 aliphatic rings. The number of hydrogen-bond donors (Lipinski definition) is 2. The molecule has 0 saturated heterocycles. The van der Waals surface area contributed by atoms with Crippen LogP contribution in [0.5, 0.6) is 11.5 Å². The highest BCUT2D eigenvalue weighted by molar-refractivity contribution is 5.47. The van der Waals surface area contributed by atoms with Crippen molar-refractivity contribution in [2.24, 2.45) is 0 Å². The predicted molar refractivity (Wildman–Crippen MR) is 90.6 cm³/mol. The molecule has 1 rings (SSSR count). The van der Waals surface area contributed by atoms with Crippen LogP contribution in [0, 0.1) is 10.1 Å². The zero-order chi connectivity index (χ0) is 19.0. The fraction of sp³-hybridized carbons (Fsp3) is 0.625. The zero-order valence-electron chi connectivity index (χ0n) is 14.5. The summed E-state index contributed by atoms with van der Waals surface area (Å²) in [7, 11) is 0. The van der Waals surface area contributed by atoms with Crippen molar-refractivity contribution in [1.29, 1.82) is 0 Å². The van der Waals surface area contributed by atoms with Gasteiger partial charge in [0.2, 0.25) is 0 Å². The van der Waals surface area contributed by atoms with Crippen LogP contribution in [-0.2, 0) is 18.9 Å². The molecule has 0 bridgehead atoms. The summed E-state index contributed by atoms with van der Waals surface area (Å²) in [6, 6.07) is 3.57. The minimum Gasteiger partial charge on any atom is -0.504 e. The largest absolute Gasteiger partial charge is 0.504 e. The number of aromatic hydroxyl groups is 1. The van der Waals surface area contributed by atoms with Gasteiger partial charge in [-0.2, -0.15) is 0 Å². The van der Waals surface area contributed by atoms with Crippen molar-refractivity contribution in [2.45, 2.75) is 0 Å². The molecule has 1 aromatic rings. The number of nitro groups is 1. The van der Waals surface area contributed by atoms with Crippen molar-refractivity contribution in [3.8, 4) is 11.5 Å². The van der Waals surface area contributed by atoms with E-state index >= 15 is 0 Å². The Kier molecular flexibility index (Phi) is 12.1. The lowest BCUT2D eigenvalue weighted by molar-refractivity contribution is -0.385. The van der Waals surface area contributed by atoms with E-state index in [4.69, 9.17) is 28.8 Å². The Morgan fingerprint density at radius 2 is 1.35 bits per heavy atom. The summed E-state index contributed by atoms with van der Waals surface area (Å²) in [5.41, 5.74) is -0.158. The highest BCUT2D eigenvalue weighted by Crippen LogP contribution is 2.29. The third-order valence-electron chi connectivity index (χ3n) is 2.99. The Morgan fingerprint density at radius 3 is 1.85 bits per heavy atom. The van der Waals surface area contributed by atoms with Gasteiger partial charge in [-0.3, -0.25) is 10.1 Å². The topological polar surface area (TPSA) is 130 Å². The number of phenolic OH excluding ortho intramolecular Hbond substituents is 1. The molecule has 0 heterocycles. The van der Waals surface area contributed by atoms with Crippen molar-refractivity contribution in [1.82, 2.24) is 0 Å². The fourth-order valence-electron chi connectivity index (χ4n) is 1.77. The highest BCUT2D eigenvalue weighted by atomic mass is 16.6. The smallest absolute Gasteiger partial charge is 0.273 e. The lowest BCUT2D eigenvalue weighted by Gasteiger charge is -2.09. The van der Waals surface area contributed by atoms with Crippen LogP contribution >= 0.6 is 0 Å². The van der Waals surface area contributed by atoms with Crippen molar-refractivity contribution in [2.75, 3.05) is 66.1 Å². The van der Waals surface area contributed by atoms with Crippen molar-refractivity contribution in [3.63, 3.8) is 0 Å². The third kappa shape index (κ3) is 10.1. The molecule has 26 heavy (non-hydrogen) atoms. The molecule has 0 saturated carbocycles. The number of benzene rings is 1. The molecular formula is C16H25NO9. The minimum absolute atomic E-state index is 0.000579. The highest BCUT2D eigenvalue weighted by Gasteiger charge is 2.11. The van der Waals surface area contributed by atoms with Gasteiger partial charge in [0.15, 0.2) is 11.5 Å². The van der Waals surface area contributed by atoms with Gasteiger partial charge in [0.05, 0.1) is 70.5 Å². The van der Waals surface area contributed by atoms with Gasteiger partial charge < -0.3 is 33.9 Å². The van der Waals surface area contributed by atoms with Crippen LogP contribution in [0.2, 0.25) is 0 Å². The number of aliphatic hydroxyl groups excluding tert-OH is 1. The molecule has 0 aliphatic heterocycles. The van der Waals surface area contributed by atoms with Crippen molar-refractivity contribution >= 4 is 5.69 Å². The average molecular weight is 375 g/mol. The number of aliphatic hydroxyl groups is 1. The van der Waals surface area contributed by atoms with Crippen molar-refractivity contribution < 1.29 is 38.8 Å². The van der Waals surface area contributed by atoms with Gasteiger partial charge in [0.1, 0.15) is 6.61 Å². The molecular weight excluding hydrogens is 350 g/mol. The number of nitrogens with zero attached hydrogens (tertiary/aromatic N) is 1. The van der Waals surface area contributed by atoms with Gasteiger partial charge in [-0.1, -0.05) is 0 Å². The van der Waals surface area contributed by atoms with Crippen molar-refractivity contribution in [3.05, 3.63) is 28.3 Å². The maximum absolute atomic E-state index is 10.7. The lowest BCUT2D eigenvalue weighted by atomic mass is 10.3. The maximum Gasteiger partial charge on any atom is 0.273 e. The monoisotopic (exact) mass is 375 g/mol. The molecule has 2 N–H and O–H groups in total. The Hall–Kier alpha value is -1.98. The second kappa shape index (κ2) is 14.2. The van der Waals surface area contributed by atoms with Crippen LogP contribution < -0.4 is 4.74 Å². The van der Waals surface area contributed by atoms with E-state index < -0.39 is 4.92 Å². The summed E-state index contributed by atoms with van der Waals surface area (Å²) in [6.07, 6.45) is 0. The fourth-order valence-corrected chi connectivity index (χ4v) is 1.77. The summed E-state index contributed by atoms with van der Waals surface area (Å²) in [4.78, 5) is 10.1. The SMILES string of the molecule is O=[N+]([O-])c1ccc(O)c(OCCOCCOCCOCCOCCO)c1. The normalized spacial score (nSPS) is 10.8. The second-order valence-electron chi connectivity index (χ2n) is 4.93. The summed E-state index contributed by atoms with van der Waals surface area (Å²) in [5, 5.41) is 28.8. The first-order valence-electron chi connectivity index (χ1n) is 8.17. The van der Waals surface area contributed by atoms with Crippen LogP contribution in [0.4, 0.5) is 5.69 Å².